The zero-order valence-electron chi connectivity index (χ0n) is 14.0. The molecule has 0 spiro atoms. The van der Waals surface area contributed by atoms with Crippen LogP contribution in [-0.2, 0) is 7.05 Å². The number of fused-ring (bicyclic) bond motifs is 3. The number of benzene rings is 1. The van der Waals surface area contributed by atoms with Crippen LogP contribution < -0.4 is 10.3 Å². The number of hydrogen-bond donors (Lipinski definition) is 1. The summed E-state index contributed by atoms with van der Waals surface area (Å²) in [5.74, 6) is 0.725. The molecule has 0 aliphatic heterocycles. The van der Waals surface area contributed by atoms with Crippen LogP contribution in [0.15, 0.2) is 23.0 Å². The molecule has 0 unspecified atom stereocenters. The van der Waals surface area contributed by atoms with E-state index in [4.69, 9.17) is 4.74 Å². The molecule has 23 heavy (non-hydrogen) atoms. The number of aromatic nitrogens is 3. The molecule has 0 amide bonds. The Bertz CT molecular complexity index is 908. The molecule has 0 atom stereocenters. The Balaban J connectivity index is 2.08. The average molecular weight is 314 g/mol. The summed E-state index contributed by atoms with van der Waals surface area (Å²) >= 11 is 0. The van der Waals surface area contributed by atoms with Gasteiger partial charge in [-0.05, 0) is 33.5 Å². The highest BCUT2D eigenvalue weighted by Crippen LogP contribution is 2.29. The fourth-order valence-corrected chi connectivity index (χ4v) is 2.89. The van der Waals surface area contributed by atoms with Crippen molar-refractivity contribution >= 4 is 21.8 Å². The Kier molecular flexibility index (Phi) is 4.09. The highest BCUT2D eigenvalue weighted by Gasteiger charge is 2.16. The summed E-state index contributed by atoms with van der Waals surface area (Å²) in [4.78, 5) is 14.8. The fourth-order valence-electron chi connectivity index (χ4n) is 2.89. The smallest absolute Gasteiger partial charge is 0.262 e. The molecule has 6 nitrogen and oxygen atoms in total. The van der Waals surface area contributed by atoms with E-state index in [0.717, 1.165) is 35.3 Å². The van der Waals surface area contributed by atoms with Crippen LogP contribution in [0.1, 0.15) is 12.1 Å². The maximum atomic E-state index is 12.6. The second-order valence-corrected chi connectivity index (χ2v) is 6.09. The number of nitrogens with one attached hydrogen (secondary N) is 1. The molecule has 3 rings (SSSR count). The lowest BCUT2D eigenvalue weighted by Crippen LogP contribution is -2.19. The highest BCUT2D eigenvalue weighted by molar-refractivity contribution is 6.05. The normalized spacial score (nSPS) is 11.7. The van der Waals surface area contributed by atoms with Crippen molar-refractivity contribution < 1.29 is 4.74 Å². The predicted octanol–water partition coefficient (Wildman–Crippen LogP) is 2.05. The summed E-state index contributed by atoms with van der Waals surface area (Å²) in [6.07, 6.45) is 0.932. The van der Waals surface area contributed by atoms with Crippen molar-refractivity contribution in [1.29, 1.82) is 0 Å². The monoisotopic (exact) mass is 314 g/mol. The Hall–Kier alpha value is -2.34. The van der Waals surface area contributed by atoms with Gasteiger partial charge in [0.25, 0.3) is 5.56 Å². The van der Waals surface area contributed by atoms with Crippen LogP contribution in [0.5, 0.6) is 5.75 Å². The zero-order chi connectivity index (χ0) is 16.6. The number of rotatable bonds is 5. The first-order valence-corrected chi connectivity index (χ1v) is 7.74. The third-order valence-electron chi connectivity index (χ3n) is 4.06. The predicted molar refractivity (Wildman–Crippen MR) is 92.2 cm³/mol. The van der Waals surface area contributed by atoms with E-state index >= 15 is 0 Å². The van der Waals surface area contributed by atoms with Gasteiger partial charge in [-0.25, -0.2) is 0 Å². The van der Waals surface area contributed by atoms with Crippen LogP contribution in [0.3, 0.4) is 0 Å². The molecular formula is C17H22N4O2. The van der Waals surface area contributed by atoms with Crippen LogP contribution in [0.2, 0.25) is 0 Å². The topological polar surface area (TPSA) is 63.1 Å². The quantitative estimate of drug-likeness (QED) is 0.732. The molecule has 0 aliphatic rings. The fraction of sp³-hybridized carbons (Fsp3) is 0.412. The van der Waals surface area contributed by atoms with Gasteiger partial charge in [0.15, 0.2) is 0 Å². The van der Waals surface area contributed by atoms with Crippen molar-refractivity contribution in [3.05, 3.63) is 34.2 Å². The Morgan fingerprint density at radius 2 is 2.13 bits per heavy atom. The first-order valence-electron chi connectivity index (χ1n) is 7.74. The molecule has 1 aromatic carbocycles. The van der Waals surface area contributed by atoms with Crippen molar-refractivity contribution in [2.75, 3.05) is 27.2 Å². The van der Waals surface area contributed by atoms with Gasteiger partial charge in [-0.1, -0.05) is 12.1 Å². The summed E-state index contributed by atoms with van der Waals surface area (Å²) in [6.45, 7) is 3.44. The summed E-state index contributed by atoms with van der Waals surface area (Å²) in [5.41, 5.74) is 2.24. The maximum Gasteiger partial charge on any atom is 0.262 e. The number of aryl methyl sites for hydroxylation is 2. The molecule has 122 valence electrons. The third kappa shape index (κ3) is 2.70. The van der Waals surface area contributed by atoms with Crippen LogP contribution >= 0.6 is 0 Å². The summed E-state index contributed by atoms with van der Waals surface area (Å²) < 4.78 is 7.59. The van der Waals surface area contributed by atoms with Crippen molar-refractivity contribution in [2.24, 2.45) is 7.05 Å². The third-order valence-corrected chi connectivity index (χ3v) is 4.06. The molecule has 0 radical (unpaired) electrons. The van der Waals surface area contributed by atoms with E-state index in [1.54, 1.807) is 11.6 Å². The van der Waals surface area contributed by atoms with Crippen molar-refractivity contribution in [3.8, 4) is 5.75 Å². The van der Waals surface area contributed by atoms with Gasteiger partial charge in [-0.3, -0.25) is 9.89 Å². The van der Waals surface area contributed by atoms with E-state index in [2.05, 4.69) is 15.1 Å². The lowest BCUT2D eigenvalue weighted by atomic mass is 10.1. The first-order chi connectivity index (χ1) is 11.0. The summed E-state index contributed by atoms with van der Waals surface area (Å²) in [7, 11) is 5.86. The summed E-state index contributed by atoms with van der Waals surface area (Å²) in [5, 5.41) is 8.79. The Labute approximate surface area is 134 Å². The van der Waals surface area contributed by atoms with Crippen molar-refractivity contribution in [2.45, 2.75) is 13.3 Å². The number of nitrogens with zero attached hydrogens (tertiary/aromatic N) is 3. The van der Waals surface area contributed by atoms with E-state index in [0.29, 0.717) is 17.5 Å². The molecule has 3 aromatic rings. The maximum absolute atomic E-state index is 12.6. The van der Waals surface area contributed by atoms with Crippen LogP contribution in [0.25, 0.3) is 21.8 Å². The Morgan fingerprint density at radius 1 is 1.35 bits per heavy atom. The largest absolute Gasteiger partial charge is 0.491 e. The van der Waals surface area contributed by atoms with E-state index in [9.17, 15) is 4.79 Å². The highest BCUT2D eigenvalue weighted by atomic mass is 16.5. The SMILES string of the molecule is Cc1[nH]nc2c1c(=O)n(C)c1c(OCCCN(C)C)cccc21. The zero-order valence-corrected chi connectivity index (χ0v) is 14.0. The molecular weight excluding hydrogens is 292 g/mol. The van der Waals surface area contributed by atoms with Gasteiger partial charge in [0.1, 0.15) is 11.3 Å². The summed E-state index contributed by atoms with van der Waals surface area (Å²) in [6, 6.07) is 5.82. The van der Waals surface area contributed by atoms with Crippen molar-refractivity contribution in [1.82, 2.24) is 19.7 Å². The molecule has 0 bridgehead atoms. The van der Waals surface area contributed by atoms with E-state index in [-0.39, 0.29) is 5.56 Å². The average Bonchev–Trinajstić information content (AvgIpc) is 2.91. The minimum absolute atomic E-state index is 0.0527. The molecule has 0 fully saturated rings. The molecule has 0 saturated carbocycles. The van der Waals surface area contributed by atoms with E-state index < -0.39 is 0 Å². The number of pyridine rings is 1. The van der Waals surface area contributed by atoms with Gasteiger partial charge in [0, 0.05) is 24.7 Å². The van der Waals surface area contributed by atoms with Gasteiger partial charge in [-0.2, -0.15) is 5.10 Å². The first kappa shape index (κ1) is 15.6. The molecule has 2 heterocycles. The lowest BCUT2D eigenvalue weighted by Gasteiger charge is -2.14. The van der Waals surface area contributed by atoms with E-state index in [1.807, 2.05) is 39.2 Å². The van der Waals surface area contributed by atoms with Gasteiger partial charge in [0.2, 0.25) is 0 Å². The number of H-pyrrole nitrogens is 1. The number of aromatic amines is 1. The second-order valence-electron chi connectivity index (χ2n) is 6.09. The van der Waals surface area contributed by atoms with Gasteiger partial charge < -0.3 is 14.2 Å². The standard InChI is InChI=1S/C17H22N4O2/c1-11-14-15(19-18-11)12-7-5-8-13(16(12)21(4)17(14)22)23-10-6-9-20(2)3/h5,7-8H,6,9-10H2,1-4H3,(H,18,19). The molecule has 0 saturated heterocycles. The second kappa shape index (κ2) is 6.04. The minimum Gasteiger partial charge on any atom is -0.491 e. The van der Waals surface area contributed by atoms with E-state index in [1.165, 1.54) is 0 Å². The molecule has 0 aliphatic carbocycles. The van der Waals surface area contributed by atoms with Gasteiger partial charge >= 0.3 is 0 Å². The van der Waals surface area contributed by atoms with Crippen LogP contribution in [0.4, 0.5) is 0 Å². The minimum atomic E-state index is -0.0527. The van der Waals surface area contributed by atoms with Crippen molar-refractivity contribution in [3.63, 3.8) is 0 Å². The molecule has 1 N–H and O–H groups in total. The molecule has 2 aromatic heterocycles. The van der Waals surface area contributed by atoms with Gasteiger partial charge in [0.05, 0.1) is 17.5 Å². The number of hydrogen-bond acceptors (Lipinski definition) is 4. The number of para-hydroxylation sites is 1. The Morgan fingerprint density at radius 3 is 2.87 bits per heavy atom. The van der Waals surface area contributed by atoms with Crippen LogP contribution in [-0.4, -0.2) is 46.9 Å². The van der Waals surface area contributed by atoms with Gasteiger partial charge in [-0.15, -0.1) is 0 Å². The molecule has 6 heteroatoms. The van der Waals surface area contributed by atoms with Crippen LogP contribution in [0, 0.1) is 6.92 Å². The number of ether oxygens (including phenoxy) is 1. The lowest BCUT2D eigenvalue weighted by molar-refractivity contribution is 0.283.